The third kappa shape index (κ3) is 4.35. The van der Waals surface area contributed by atoms with Crippen LogP contribution in [0.15, 0.2) is 77.7 Å². The Morgan fingerprint density at radius 2 is 1.29 bits per heavy atom. The van der Waals surface area contributed by atoms with Crippen molar-refractivity contribution < 1.29 is 8.42 Å². The van der Waals surface area contributed by atoms with Crippen molar-refractivity contribution in [2.75, 3.05) is 0 Å². The quantitative estimate of drug-likeness (QED) is 0.423. The fraction of sp³-hybridized carbons (Fsp3) is 0.217. The molecule has 0 saturated heterocycles. The van der Waals surface area contributed by atoms with E-state index in [1.165, 1.54) is 12.1 Å². The molecule has 0 fully saturated rings. The van der Waals surface area contributed by atoms with E-state index in [0.717, 1.165) is 3.27 Å². The van der Waals surface area contributed by atoms with Gasteiger partial charge in [0, 0.05) is 0 Å². The summed E-state index contributed by atoms with van der Waals surface area (Å²) in [5.74, 6) is 0. The summed E-state index contributed by atoms with van der Waals surface area (Å²) in [5, 5.41) is 0.687. The molecule has 28 heavy (non-hydrogen) atoms. The Hall–Kier alpha value is -1.22. The summed E-state index contributed by atoms with van der Waals surface area (Å²) in [7, 11) is -3.46. The molecule has 3 aromatic rings. The van der Waals surface area contributed by atoms with E-state index in [-0.39, 0.29) is 0 Å². The molecule has 0 unspecified atom stereocenters. The third-order valence-corrected chi connectivity index (χ3v) is 17.7. The molecule has 0 heterocycles. The Morgan fingerprint density at radius 1 is 0.786 bits per heavy atom. The molecule has 3 aromatic carbocycles. The van der Waals surface area contributed by atoms with Crippen molar-refractivity contribution in [3.05, 3.63) is 83.4 Å². The number of benzene rings is 3. The van der Waals surface area contributed by atoms with Crippen LogP contribution in [0.2, 0.25) is 5.02 Å². The van der Waals surface area contributed by atoms with Gasteiger partial charge in [-0.25, -0.2) is 0 Å². The maximum absolute atomic E-state index is 13.4. The molecule has 0 aliphatic rings. The van der Waals surface area contributed by atoms with Gasteiger partial charge >= 0.3 is 182 Å². The van der Waals surface area contributed by atoms with Crippen LogP contribution in [-0.2, 0) is 9.84 Å². The van der Waals surface area contributed by atoms with Crippen LogP contribution in [-0.4, -0.2) is 34.9 Å². The Balaban J connectivity index is 2.28. The fourth-order valence-corrected chi connectivity index (χ4v) is 15.4. The average Bonchev–Trinajstić information content (AvgIpc) is 2.64. The van der Waals surface area contributed by atoms with Gasteiger partial charge in [-0.15, -0.1) is 0 Å². The normalized spacial score (nSPS) is 12.4. The minimum absolute atomic E-state index is 0.468. The minimum atomic E-state index is -3.46. The van der Waals surface area contributed by atoms with Crippen molar-refractivity contribution in [1.82, 2.24) is 0 Å². The van der Waals surface area contributed by atoms with Crippen molar-refractivity contribution in [1.29, 1.82) is 0 Å². The Morgan fingerprint density at radius 3 is 1.82 bits per heavy atom. The first-order chi connectivity index (χ1) is 13.1. The van der Waals surface area contributed by atoms with E-state index in [1.807, 2.05) is 30.3 Å². The van der Waals surface area contributed by atoms with E-state index < -0.39 is 36.3 Å². The molecule has 0 bridgehead atoms. The van der Waals surface area contributed by atoms with Gasteiger partial charge in [0.2, 0.25) is 0 Å². The number of halogens is 1. The summed E-state index contributed by atoms with van der Waals surface area (Å²) in [6, 6.07) is 24.0. The second kappa shape index (κ2) is 8.26. The van der Waals surface area contributed by atoms with Gasteiger partial charge < -0.3 is 0 Å². The van der Waals surface area contributed by atoms with E-state index in [4.69, 9.17) is 11.6 Å². The maximum atomic E-state index is 13.4. The molecular weight excluding hydrogens is 585 g/mol. The first-order valence-electron chi connectivity index (χ1n) is 9.07. The molecule has 5 heteroatoms. The van der Waals surface area contributed by atoms with Crippen LogP contribution >= 0.6 is 11.6 Å². The Bertz CT molecular complexity index is 1020. The summed E-state index contributed by atoms with van der Waals surface area (Å²) >= 11 is 3.28. The number of sulfone groups is 1. The van der Waals surface area contributed by atoms with Crippen molar-refractivity contribution in [2.24, 2.45) is 0 Å². The van der Waals surface area contributed by atoms with Crippen LogP contribution in [0.1, 0.15) is 26.3 Å². The van der Waals surface area contributed by atoms with Crippen molar-refractivity contribution >= 4 is 53.0 Å². The van der Waals surface area contributed by atoms with Crippen LogP contribution in [0.3, 0.4) is 0 Å². The van der Waals surface area contributed by atoms with Gasteiger partial charge in [0.1, 0.15) is 0 Å². The van der Waals surface area contributed by atoms with E-state index in [9.17, 15) is 8.42 Å². The van der Waals surface area contributed by atoms with E-state index >= 15 is 0 Å². The summed E-state index contributed by atoms with van der Waals surface area (Å²) in [4.78, 5) is 0.468. The van der Waals surface area contributed by atoms with Crippen LogP contribution in [0.25, 0.3) is 0 Å². The number of hydrogen-bond donors (Lipinski definition) is 0. The molecule has 0 amide bonds. The summed E-state index contributed by atoms with van der Waals surface area (Å²) in [5.41, 5.74) is 1.19. The average molecular weight is 609 g/mol. The molecule has 146 valence electrons. The number of rotatable bonds is 4. The third-order valence-electron chi connectivity index (χ3n) is 4.58. The molecule has 0 atom stereocenters. The molecule has 0 aliphatic carbocycles. The first kappa shape index (κ1) is 21.5. The molecule has 0 radical (unpaired) electrons. The predicted octanol–water partition coefficient (Wildman–Crippen LogP) is 3.74. The molecule has 0 aliphatic heterocycles. The van der Waals surface area contributed by atoms with Crippen molar-refractivity contribution in [2.45, 2.75) is 37.3 Å². The van der Waals surface area contributed by atoms with Gasteiger partial charge in [0.25, 0.3) is 0 Å². The second-order valence-electron chi connectivity index (χ2n) is 7.73. The van der Waals surface area contributed by atoms with Crippen LogP contribution in [0.4, 0.5) is 0 Å². The predicted molar refractivity (Wildman–Crippen MR) is 121 cm³/mol. The molecular formula is C23H24BiClO2S. The summed E-state index contributed by atoms with van der Waals surface area (Å²) < 4.78 is 29.3. The van der Waals surface area contributed by atoms with Gasteiger partial charge in [-0.05, 0) is 0 Å². The van der Waals surface area contributed by atoms with E-state index in [2.05, 4.69) is 43.3 Å². The number of aryl methyl sites for hydroxylation is 1. The van der Waals surface area contributed by atoms with Crippen molar-refractivity contribution in [3.8, 4) is 0 Å². The SMILES string of the molecule is Cc1cc[c]([Bi]([c]2ccc(Cl)cc2)[c]2ccccc2S(=O)(=O)C(C)(C)C)cc1. The molecule has 0 spiro atoms. The Labute approximate surface area is 181 Å². The molecule has 2 nitrogen and oxygen atoms in total. The Kier molecular flexibility index (Phi) is 6.34. The summed E-state index contributed by atoms with van der Waals surface area (Å²) in [6.07, 6.45) is 0. The number of hydrogen-bond acceptors (Lipinski definition) is 2. The molecule has 0 aromatic heterocycles. The zero-order valence-corrected chi connectivity index (χ0v) is 21.5. The van der Waals surface area contributed by atoms with E-state index in [0.29, 0.717) is 9.92 Å². The van der Waals surface area contributed by atoms with Crippen LogP contribution in [0.5, 0.6) is 0 Å². The van der Waals surface area contributed by atoms with Gasteiger partial charge in [0.05, 0.1) is 0 Å². The van der Waals surface area contributed by atoms with Gasteiger partial charge in [-0.2, -0.15) is 0 Å². The molecule has 0 N–H and O–H groups in total. The second-order valence-corrected chi connectivity index (χ2v) is 19.3. The molecule has 3 rings (SSSR count). The van der Waals surface area contributed by atoms with Gasteiger partial charge in [0.15, 0.2) is 0 Å². The van der Waals surface area contributed by atoms with E-state index in [1.54, 1.807) is 26.8 Å². The zero-order valence-electron chi connectivity index (χ0n) is 16.5. The van der Waals surface area contributed by atoms with Crippen LogP contribution < -0.4 is 9.81 Å². The summed E-state index contributed by atoms with van der Waals surface area (Å²) in [6.45, 7) is 7.35. The topological polar surface area (TPSA) is 34.1 Å². The van der Waals surface area contributed by atoms with Gasteiger partial charge in [-0.1, -0.05) is 0 Å². The molecule has 0 saturated carbocycles. The zero-order chi connectivity index (χ0) is 20.5. The standard InChI is InChI=1S/C10H13O2S.C7H7.C6H4Cl.Bi/c1-10(2,3)13(11,12)9-7-5-4-6-8-9;1-7-5-3-2-4-6-7;7-6-4-2-1-3-5-6;/h4-7H,1-3H3;3-6H,1H3;2-5H;. The van der Waals surface area contributed by atoms with Crippen molar-refractivity contribution in [3.63, 3.8) is 0 Å². The monoisotopic (exact) mass is 608 g/mol. The first-order valence-corrected chi connectivity index (χ1v) is 16.1. The van der Waals surface area contributed by atoms with Gasteiger partial charge in [-0.3, -0.25) is 0 Å². The fourth-order valence-electron chi connectivity index (χ4n) is 2.91. The van der Waals surface area contributed by atoms with Crippen LogP contribution in [0, 0.1) is 6.92 Å².